The molecule has 6 nitrogen and oxygen atoms in total. The Labute approximate surface area is 95.5 Å². The molecule has 1 aromatic carbocycles. The van der Waals surface area contributed by atoms with Gasteiger partial charge in [0.15, 0.2) is 5.82 Å². The lowest BCUT2D eigenvalue weighted by Gasteiger charge is -2.00. The number of nitrogens with zero attached hydrogens (tertiary/aromatic N) is 2. The van der Waals surface area contributed by atoms with Gasteiger partial charge in [-0.3, -0.25) is 20.3 Å². The first-order valence-electron chi connectivity index (χ1n) is 4.48. The summed E-state index contributed by atoms with van der Waals surface area (Å²) in [7, 11) is 0. The van der Waals surface area contributed by atoms with E-state index < -0.39 is 4.92 Å². The maximum absolute atomic E-state index is 10.8. The van der Waals surface area contributed by atoms with E-state index in [1.807, 2.05) is 6.92 Å². The van der Waals surface area contributed by atoms with Gasteiger partial charge in [-0.1, -0.05) is 6.07 Å². The van der Waals surface area contributed by atoms with Gasteiger partial charge < -0.3 is 0 Å². The molecule has 2 rings (SSSR count). The number of nitrogens with one attached hydrogen (secondary N) is 2. The Balaban J connectivity index is 2.66. The monoisotopic (exact) mass is 236 g/mol. The largest absolute Gasteiger partial charge is 0.281 e. The second-order valence-corrected chi connectivity index (χ2v) is 3.68. The summed E-state index contributed by atoms with van der Waals surface area (Å²) in [6.45, 7) is 1.86. The molecule has 0 unspecified atom stereocenters. The summed E-state index contributed by atoms with van der Waals surface area (Å²) in [4.78, 5) is 14.4. The molecule has 7 heteroatoms. The number of H-pyrrole nitrogens is 2. The molecule has 0 aliphatic carbocycles. The fourth-order valence-electron chi connectivity index (χ4n) is 1.40. The number of aromatic nitrogens is 3. The SMILES string of the molecule is Cc1ccc([N+](=O)[O-])c(-c2nc(=S)[nH][nH]2)c1. The van der Waals surface area contributed by atoms with Crippen molar-refractivity contribution in [3.63, 3.8) is 0 Å². The van der Waals surface area contributed by atoms with E-state index in [1.54, 1.807) is 12.1 Å². The lowest BCUT2D eigenvalue weighted by molar-refractivity contribution is -0.384. The van der Waals surface area contributed by atoms with Crippen LogP contribution in [-0.2, 0) is 0 Å². The minimum absolute atomic E-state index is 0.00310. The smallest absolute Gasteiger partial charge is 0.280 e. The van der Waals surface area contributed by atoms with E-state index in [9.17, 15) is 10.1 Å². The van der Waals surface area contributed by atoms with Gasteiger partial charge in [0.05, 0.1) is 10.5 Å². The van der Waals surface area contributed by atoms with Crippen molar-refractivity contribution in [2.75, 3.05) is 0 Å². The van der Waals surface area contributed by atoms with Crippen LogP contribution in [0, 0.1) is 21.8 Å². The zero-order chi connectivity index (χ0) is 11.7. The lowest BCUT2D eigenvalue weighted by atomic mass is 10.1. The normalized spacial score (nSPS) is 10.3. The van der Waals surface area contributed by atoms with Crippen molar-refractivity contribution in [1.29, 1.82) is 0 Å². The van der Waals surface area contributed by atoms with Crippen LogP contribution in [0.1, 0.15) is 5.56 Å². The van der Waals surface area contributed by atoms with E-state index >= 15 is 0 Å². The highest BCUT2D eigenvalue weighted by atomic mass is 32.1. The highest BCUT2D eigenvalue weighted by Crippen LogP contribution is 2.27. The van der Waals surface area contributed by atoms with Crippen LogP contribution < -0.4 is 0 Å². The molecule has 0 saturated carbocycles. The summed E-state index contributed by atoms with van der Waals surface area (Å²) >= 11 is 4.81. The van der Waals surface area contributed by atoms with Crippen molar-refractivity contribution in [2.45, 2.75) is 6.92 Å². The summed E-state index contributed by atoms with van der Waals surface area (Å²) in [6.07, 6.45) is 0. The molecule has 0 amide bonds. The second kappa shape index (κ2) is 3.86. The molecule has 0 atom stereocenters. The average Bonchev–Trinajstić information content (AvgIpc) is 2.64. The van der Waals surface area contributed by atoms with E-state index in [1.165, 1.54) is 6.07 Å². The van der Waals surface area contributed by atoms with Gasteiger partial charge in [0.25, 0.3) is 5.69 Å². The molecule has 2 N–H and O–H groups in total. The van der Waals surface area contributed by atoms with Gasteiger partial charge in [-0.05, 0) is 30.8 Å². The van der Waals surface area contributed by atoms with Crippen molar-refractivity contribution in [1.82, 2.24) is 15.2 Å². The third kappa shape index (κ3) is 1.84. The van der Waals surface area contributed by atoms with Crippen LogP contribution >= 0.6 is 12.2 Å². The topological polar surface area (TPSA) is 87.6 Å². The highest BCUT2D eigenvalue weighted by Gasteiger charge is 2.17. The van der Waals surface area contributed by atoms with Crippen LogP contribution in [0.4, 0.5) is 5.69 Å². The summed E-state index contributed by atoms with van der Waals surface area (Å²) in [6, 6.07) is 4.83. The number of nitro groups is 1. The number of nitro benzene ring substituents is 1. The highest BCUT2D eigenvalue weighted by molar-refractivity contribution is 7.71. The number of aryl methyl sites for hydroxylation is 1. The molecular formula is C9H8N4O2S. The Kier molecular flexibility index (Phi) is 2.53. The molecule has 0 saturated heterocycles. The Morgan fingerprint density at radius 1 is 1.44 bits per heavy atom. The van der Waals surface area contributed by atoms with Crippen LogP contribution in [0.15, 0.2) is 18.2 Å². The van der Waals surface area contributed by atoms with Gasteiger partial charge in [-0.25, -0.2) is 0 Å². The van der Waals surface area contributed by atoms with Crippen LogP contribution in [-0.4, -0.2) is 20.1 Å². The molecule has 1 aromatic heterocycles. The van der Waals surface area contributed by atoms with Crippen molar-refractivity contribution < 1.29 is 4.92 Å². The maximum atomic E-state index is 10.8. The lowest BCUT2D eigenvalue weighted by Crippen LogP contribution is -1.93. The molecule has 1 heterocycles. The first kappa shape index (κ1) is 10.5. The second-order valence-electron chi connectivity index (χ2n) is 3.29. The first-order valence-corrected chi connectivity index (χ1v) is 4.89. The van der Waals surface area contributed by atoms with Crippen molar-refractivity contribution in [3.8, 4) is 11.4 Å². The van der Waals surface area contributed by atoms with Crippen molar-refractivity contribution >= 4 is 17.9 Å². The number of benzene rings is 1. The molecule has 0 radical (unpaired) electrons. The maximum Gasteiger partial charge on any atom is 0.280 e. The predicted octanol–water partition coefficient (Wildman–Crippen LogP) is 2.35. The number of hydrogen-bond donors (Lipinski definition) is 2. The number of hydrogen-bond acceptors (Lipinski definition) is 4. The Morgan fingerprint density at radius 2 is 2.19 bits per heavy atom. The first-order chi connectivity index (χ1) is 7.58. The summed E-state index contributed by atoms with van der Waals surface area (Å²) in [5.41, 5.74) is 1.35. The van der Waals surface area contributed by atoms with E-state index in [0.717, 1.165) is 5.56 Å². The van der Waals surface area contributed by atoms with E-state index in [2.05, 4.69) is 15.2 Å². The molecular weight excluding hydrogens is 228 g/mol. The van der Waals surface area contributed by atoms with Crippen LogP contribution in [0.2, 0.25) is 0 Å². The molecule has 16 heavy (non-hydrogen) atoms. The van der Waals surface area contributed by atoms with E-state index in [-0.39, 0.29) is 10.5 Å². The van der Waals surface area contributed by atoms with Gasteiger partial charge >= 0.3 is 0 Å². The van der Waals surface area contributed by atoms with Gasteiger partial charge in [-0.15, -0.1) is 0 Å². The number of aromatic amines is 2. The Hall–Kier alpha value is -2.02. The van der Waals surface area contributed by atoms with E-state index in [4.69, 9.17) is 12.2 Å². The molecule has 82 valence electrons. The molecule has 0 aliphatic heterocycles. The fourth-order valence-corrected chi connectivity index (χ4v) is 1.54. The average molecular weight is 236 g/mol. The Morgan fingerprint density at radius 3 is 2.75 bits per heavy atom. The third-order valence-corrected chi connectivity index (χ3v) is 2.30. The summed E-state index contributed by atoms with van der Waals surface area (Å²) in [5, 5.41) is 16.1. The summed E-state index contributed by atoms with van der Waals surface area (Å²) < 4.78 is 0.269. The molecule has 0 bridgehead atoms. The zero-order valence-corrected chi connectivity index (χ0v) is 9.17. The van der Waals surface area contributed by atoms with Crippen LogP contribution in [0.3, 0.4) is 0 Å². The minimum atomic E-state index is -0.444. The van der Waals surface area contributed by atoms with Gasteiger partial charge in [-0.2, -0.15) is 4.98 Å². The van der Waals surface area contributed by atoms with Crippen LogP contribution in [0.5, 0.6) is 0 Å². The standard InChI is InChI=1S/C9H8N4O2S/c1-5-2-3-7(13(14)15)6(4-5)8-10-9(16)12-11-8/h2-4H,1H3,(H2,10,11,12,16). The third-order valence-electron chi connectivity index (χ3n) is 2.11. The van der Waals surface area contributed by atoms with Crippen molar-refractivity contribution in [3.05, 3.63) is 38.6 Å². The van der Waals surface area contributed by atoms with Crippen molar-refractivity contribution in [2.24, 2.45) is 0 Å². The van der Waals surface area contributed by atoms with E-state index in [0.29, 0.717) is 11.4 Å². The molecule has 0 fully saturated rings. The fraction of sp³-hybridized carbons (Fsp3) is 0.111. The summed E-state index contributed by atoms with van der Waals surface area (Å²) in [5.74, 6) is 0.375. The minimum Gasteiger partial charge on any atom is -0.281 e. The Bertz CT molecular complexity index is 602. The molecule has 0 spiro atoms. The zero-order valence-electron chi connectivity index (χ0n) is 8.35. The van der Waals surface area contributed by atoms with Gasteiger partial charge in [0, 0.05) is 6.07 Å². The molecule has 0 aliphatic rings. The predicted molar refractivity (Wildman–Crippen MR) is 60.6 cm³/mol. The van der Waals surface area contributed by atoms with Gasteiger partial charge in [0.2, 0.25) is 4.77 Å². The number of rotatable bonds is 2. The van der Waals surface area contributed by atoms with Crippen LogP contribution in [0.25, 0.3) is 11.4 Å². The quantitative estimate of drug-likeness (QED) is 0.476. The molecule has 2 aromatic rings. The van der Waals surface area contributed by atoms with Gasteiger partial charge in [0.1, 0.15) is 0 Å².